The van der Waals surface area contributed by atoms with Gasteiger partial charge in [-0.05, 0) is 73.0 Å². The number of halogens is 7. The van der Waals surface area contributed by atoms with Gasteiger partial charge in [0, 0.05) is 23.4 Å². The molecule has 1 amide bonds. The second kappa shape index (κ2) is 11.2. The summed E-state index contributed by atoms with van der Waals surface area (Å²) in [6.45, 7) is 1.42. The van der Waals surface area contributed by atoms with Crippen LogP contribution >= 0.6 is 11.6 Å². The summed E-state index contributed by atoms with van der Waals surface area (Å²) in [4.78, 5) is 25.6. The number of carbonyl (C=O) groups is 2. The molecule has 3 aromatic carbocycles. The van der Waals surface area contributed by atoms with Crippen LogP contribution < -0.4 is 4.90 Å². The van der Waals surface area contributed by atoms with Crippen LogP contribution in [0.1, 0.15) is 28.4 Å². The first kappa shape index (κ1) is 29.8. The second-order valence-corrected chi connectivity index (χ2v) is 9.28. The SMILES string of the molecule is Cc1cc(N(CC(F)(F)F)c2cccc(-c3ccc(C(=O)N(C)C(C)C(=O)O)c(C(F)(F)F)c3)c2)ccc1Cl. The molecule has 12 heteroatoms. The number of anilines is 2. The van der Waals surface area contributed by atoms with Gasteiger partial charge < -0.3 is 14.9 Å². The van der Waals surface area contributed by atoms with E-state index in [-0.39, 0.29) is 22.5 Å². The molecule has 0 aliphatic carbocycles. The maximum absolute atomic E-state index is 14.0. The van der Waals surface area contributed by atoms with Crippen LogP contribution in [0, 0.1) is 6.92 Å². The van der Waals surface area contributed by atoms with Crippen molar-refractivity contribution in [1.29, 1.82) is 0 Å². The van der Waals surface area contributed by atoms with Gasteiger partial charge in [0.05, 0.1) is 11.1 Å². The Morgan fingerprint density at radius 1 is 0.923 bits per heavy atom. The lowest BCUT2D eigenvalue weighted by Gasteiger charge is -2.27. The third-order valence-corrected chi connectivity index (χ3v) is 6.52. The molecule has 0 saturated heterocycles. The highest BCUT2D eigenvalue weighted by atomic mass is 35.5. The number of amides is 1. The zero-order valence-electron chi connectivity index (χ0n) is 20.9. The van der Waals surface area contributed by atoms with E-state index in [0.29, 0.717) is 21.6 Å². The van der Waals surface area contributed by atoms with Gasteiger partial charge in [-0.1, -0.05) is 29.8 Å². The number of aryl methyl sites for hydroxylation is 1. The second-order valence-electron chi connectivity index (χ2n) is 8.87. The predicted molar refractivity (Wildman–Crippen MR) is 135 cm³/mol. The number of aliphatic carboxylic acids is 1. The monoisotopic (exact) mass is 572 g/mol. The summed E-state index contributed by atoms with van der Waals surface area (Å²) in [6, 6.07) is 11.3. The molecular weight excluding hydrogens is 550 g/mol. The molecule has 0 saturated carbocycles. The predicted octanol–water partition coefficient (Wildman–Crippen LogP) is 7.58. The number of alkyl halides is 6. The van der Waals surface area contributed by atoms with Crippen molar-refractivity contribution in [2.24, 2.45) is 0 Å². The largest absolute Gasteiger partial charge is 0.480 e. The van der Waals surface area contributed by atoms with Gasteiger partial charge in [0.1, 0.15) is 12.6 Å². The number of carbonyl (C=O) groups excluding carboxylic acids is 1. The molecule has 0 spiro atoms. The number of rotatable bonds is 7. The first-order valence-electron chi connectivity index (χ1n) is 11.4. The van der Waals surface area contributed by atoms with Gasteiger partial charge in [-0.25, -0.2) is 4.79 Å². The van der Waals surface area contributed by atoms with Crippen molar-refractivity contribution in [3.8, 4) is 11.1 Å². The summed E-state index contributed by atoms with van der Waals surface area (Å²) in [6.07, 6.45) is -9.58. The molecule has 0 aliphatic rings. The zero-order chi connectivity index (χ0) is 29.3. The van der Waals surface area contributed by atoms with Crippen molar-refractivity contribution in [1.82, 2.24) is 4.90 Å². The zero-order valence-corrected chi connectivity index (χ0v) is 21.6. The summed E-state index contributed by atoms with van der Waals surface area (Å²) in [5, 5.41) is 9.48. The quantitative estimate of drug-likeness (QED) is 0.297. The van der Waals surface area contributed by atoms with Gasteiger partial charge in [-0.3, -0.25) is 4.79 Å². The van der Waals surface area contributed by atoms with Gasteiger partial charge in [0.15, 0.2) is 0 Å². The summed E-state index contributed by atoms with van der Waals surface area (Å²) >= 11 is 6.02. The third-order valence-electron chi connectivity index (χ3n) is 6.10. The fourth-order valence-corrected chi connectivity index (χ4v) is 3.95. The smallest absolute Gasteiger partial charge is 0.417 e. The van der Waals surface area contributed by atoms with Crippen LogP contribution in [0.4, 0.5) is 37.7 Å². The summed E-state index contributed by atoms with van der Waals surface area (Å²) in [5.74, 6) is -2.54. The highest BCUT2D eigenvalue weighted by Gasteiger charge is 2.37. The van der Waals surface area contributed by atoms with E-state index in [1.807, 2.05) is 0 Å². The van der Waals surface area contributed by atoms with Crippen molar-refractivity contribution in [2.75, 3.05) is 18.5 Å². The Balaban J connectivity index is 2.10. The number of carboxylic acid groups (broad SMARTS) is 1. The Morgan fingerprint density at radius 3 is 2.10 bits per heavy atom. The van der Waals surface area contributed by atoms with Crippen molar-refractivity contribution >= 4 is 34.9 Å². The standard InChI is InChI=1S/C27H23ClF6N2O3/c1-15-11-20(8-10-23(15)28)36(14-26(29,30)31)19-6-4-5-17(12-19)18-7-9-21(22(13-18)27(32,33)34)24(37)35(3)16(2)25(38)39/h4-13,16H,14H2,1-3H3,(H,38,39). The molecule has 0 aliphatic heterocycles. The lowest BCUT2D eigenvalue weighted by atomic mass is 9.97. The molecule has 1 atom stereocenters. The first-order valence-corrected chi connectivity index (χ1v) is 11.8. The van der Waals surface area contributed by atoms with E-state index in [1.165, 1.54) is 48.5 Å². The van der Waals surface area contributed by atoms with Crippen molar-refractivity contribution in [3.63, 3.8) is 0 Å². The van der Waals surface area contributed by atoms with Crippen LogP contribution in [0.25, 0.3) is 11.1 Å². The number of likely N-dealkylation sites (N-methyl/N-ethyl adjacent to an activating group) is 1. The molecule has 1 N–H and O–H groups in total. The third kappa shape index (κ3) is 7.03. The average molecular weight is 573 g/mol. The van der Waals surface area contributed by atoms with E-state index in [0.717, 1.165) is 24.9 Å². The molecular formula is C27H23ClF6N2O3. The number of carboxylic acids is 1. The topological polar surface area (TPSA) is 60.9 Å². The highest BCUT2D eigenvalue weighted by Crippen LogP contribution is 2.38. The van der Waals surface area contributed by atoms with Gasteiger partial charge in [0.25, 0.3) is 5.91 Å². The molecule has 0 fully saturated rings. The Hall–Kier alpha value is -3.73. The van der Waals surface area contributed by atoms with E-state index in [2.05, 4.69) is 0 Å². The van der Waals surface area contributed by atoms with Gasteiger partial charge >= 0.3 is 18.3 Å². The summed E-state index contributed by atoms with van der Waals surface area (Å²) in [7, 11) is 1.08. The van der Waals surface area contributed by atoms with Crippen LogP contribution in [-0.4, -0.2) is 47.7 Å². The normalized spacial score (nSPS) is 12.7. The van der Waals surface area contributed by atoms with E-state index in [1.54, 1.807) is 6.92 Å². The first-order chi connectivity index (χ1) is 18.0. The molecule has 3 aromatic rings. The summed E-state index contributed by atoms with van der Waals surface area (Å²) in [5.41, 5.74) is -1.12. The molecule has 5 nitrogen and oxygen atoms in total. The van der Waals surface area contributed by atoms with Crippen LogP contribution in [0.5, 0.6) is 0 Å². The molecule has 0 aromatic heterocycles. The molecule has 3 rings (SSSR count). The van der Waals surface area contributed by atoms with E-state index in [9.17, 15) is 35.9 Å². The molecule has 0 heterocycles. The Kier molecular flexibility index (Phi) is 8.54. The number of benzene rings is 3. The van der Waals surface area contributed by atoms with Gasteiger partial charge in [-0.2, -0.15) is 26.3 Å². The summed E-state index contributed by atoms with van der Waals surface area (Å²) < 4.78 is 82.4. The van der Waals surface area contributed by atoms with E-state index in [4.69, 9.17) is 16.7 Å². The average Bonchev–Trinajstić information content (AvgIpc) is 2.86. The maximum atomic E-state index is 14.0. The number of hydrogen-bond acceptors (Lipinski definition) is 3. The lowest BCUT2D eigenvalue weighted by Crippen LogP contribution is -2.40. The number of hydrogen-bond donors (Lipinski definition) is 1. The fourth-order valence-electron chi connectivity index (χ4n) is 3.84. The van der Waals surface area contributed by atoms with E-state index < -0.39 is 47.9 Å². The van der Waals surface area contributed by atoms with Crippen molar-refractivity contribution < 1.29 is 41.0 Å². The van der Waals surface area contributed by atoms with Gasteiger partial charge in [-0.15, -0.1) is 0 Å². The minimum absolute atomic E-state index is 0.00564. The van der Waals surface area contributed by atoms with Crippen molar-refractivity contribution in [3.05, 3.63) is 82.4 Å². The Labute approximate surface area is 225 Å². The molecule has 0 bridgehead atoms. The maximum Gasteiger partial charge on any atom is 0.417 e. The lowest BCUT2D eigenvalue weighted by molar-refractivity contribution is -0.141. The van der Waals surface area contributed by atoms with Crippen LogP contribution in [0.15, 0.2) is 60.7 Å². The Bertz CT molecular complexity index is 1390. The molecule has 1 unspecified atom stereocenters. The van der Waals surface area contributed by atoms with Crippen LogP contribution in [-0.2, 0) is 11.0 Å². The Morgan fingerprint density at radius 2 is 1.54 bits per heavy atom. The van der Waals surface area contributed by atoms with Gasteiger partial charge in [0.2, 0.25) is 0 Å². The van der Waals surface area contributed by atoms with Crippen LogP contribution in [0.2, 0.25) is 5.02 Å². The molecule has 39 heavy (non-hydrogen) atoms. The minimum atomic E-state index is -4.98. The molecule has 208 valence electrons. The number of nitrogens with zero attached hydrogens (tertiary/aromatic N) is 2. The fraction of sp³-hybridized carbons (Fsp3) is 0.259. The van der Waals surface area contributed by atoms with Crippen molar-refractivity contribution in [2.45, 2.75) is 32.2 Å². The highest BCUT2D eigenvalue weighted by molar-refractivity contribution is 6.31. The van der Waals surface area contributed by atoms with E-state index >= 15 is 0 Å². The molecule has 0 radical (unpaired) electrons. The minimum Gasteiger partial charge on any atom is -0.480 e. The van der Waals surface area contributed by atoms with Crippen LogP contribution in [0.3, 0.4) is 0 Å².